The van der Waals surface area contributed by atoms with Gasteiger partial charge in [0.15, 0.2) is 0 Å². The first-order chi connectivity index (χ1) is 9.95. The highest BCUT2D eigenvalue weighted by Gasteiger charge is 2.11. The van der Waals surface area contributed by atoms with Gasteiger partial charge in [0.2, 0.25) is 0 Å². The molecular formula is C14H10BrClF3NO. The summed E-state index contributed by atoms with van der Waals surface area (Å²) in [5.41, 5.74) is 0.696. The van der Waals surface area contributed by atoms with E-state index in [2.05, 4.69) is 26.0 Å². The molecule has 21 heavy (non-hydrogen) atoms. The molecule has 0 aliphatic heterocycles. The number of benzene rings is 2. The van der Waals surface area contributed by atoms with Gasteiger partial charge >= 0.3 is 6.61 Å². The highest BCUT2D eigenvalue weighted by Crippen LogP contribution is 2.26. The summed E-state index contributed by atoms with van der Waals surface area (Å²) in [5.74, 6) is -0.483. The maximum atomic E-state index is 13.6. The summed E-state index contributed by atoms with van der Waals surface area (Å²) in [4.78, 5) is 0. The maximum absolute atomic E-state index is 13.6. The van der Waals surface area contributed by atoms with E-state index in [9.17, 15) is 13.2 Å². The Hall–Kier alpha value is -1.40. The third-order valence-corrected chi connectivity index (χ3v) is 3.37. The fourth-order valence-corrected chi connectivity index (χ4v) is 2.29. The standard InChI is InChI=1S/C14H10BrClF3NO/c15-9-1-4-13(21-14(18)19)8(5-9)7-20-12-3-2-10(16)6-11(12)17/h1-6,14,20H,7H2. The lowest BCUT2D eigenvalue weighted by atomic mass is 10.2. The SMILES string of the molecule is Fc1cc(Cl)ccc1NCc1cc(Br)ccc1OC(F)F. The first kappa shape index (κ1) is 16.0. The Balaban J connectivity index is 2.16. The van der Waals surface area contributed by atoms with E-state index in [-0.39, 0.29) is 23.0 Å². The van der Waals surface area contributed by atoms with E-state index >= 15 is 0 Å². The first-order valence-electron chi connectivity index (χ1n) is 5.88. The zero-order chi connectivity index (χ0) is 15.4. The first-order valence-corrected chi connectivity index (χ1v) is 7.05. The van der Waals surface area contributed by atoms with Crippen LogP contribution < -0.4 is 10.1 Å². The molecule has 0 radical (unpaired) electrons. The van der Waals surface area contributed by atoms with Gasteiger partial charge in [0, 0.05) is 21.6 Å². The Kier molecular flexibility index (Phi) is 5.36. The van der Waals surface area contributed by atoms with Crippen molar-refractivity contribution >= 4 is 33.2 Å². The van der Waals surface area contributed by atoms with Gasteiger partial charge in [-0.2, -0.15) is 8.78 Å². The Bertz CT molecular complexity index is 640. The van der Waals surface area contributed by atoms with Crippen molar-refractivity contribution in [1.29, 1.82) is 0 Å². The second-order valence-corrected chi connectivity index (χ2v) is 5.46. The molecule has 0 saturated heterocycles. The van der Waals surface area contributed by atoms with E-state index in [1.165, 1.54) is 24.3 Å². The number of alkyl halides is 2. The van der Waals surface area contributed by atoms with Crippen LogP contribution in [0.3, 0.4) is 0 Å². The van der Waals surface area contributed by atoms with Crippen LogP contribution in [0.2, 0.25) is 5.02 Å². The van der Waals surface area contributed by atoms with E-state index in [1.54, 1.807) is 12.1 Å². The van der Waals surface area contributed by atoms with Gasteiger partial charge < -0.3 is 10.1 Å². The second kappa shape index (κ2) is 7.04. The molecule has 0 bridgehead atoms. The lowest BCUT2D eigenvalue weighted by Crippen LogP contribution is -2.08. The van der Waals surface area contributed by atoms with E-state index in [1.807, 2.05) is 0 Å². The molecule has 0 atom stereocenters. The Morgan fingerprint density at radius 2 is 1.95 bits per heavy atom. The maximum Gasteiger partial charge on any atom is 0.387 e. The molecule has 1 N–H and O–H groups in total. The fourth-order valence-electron chi connectivity index (χ4n) is 1.72. The van der Waals surface area contributed by atoms with Crippen LogP contribution in [0.25, 0.3) is 0 Å². The summed E-state index contributed by atoms with van der Waals surface area (Å²) in [6.07, 6.45) is 0. The molecule has 7 heteroatoms. The molecule has 0 amide bonds. The van der Waals surface area contributed by atoms with E-state index in [0.717, 1.165) is 0 Å². The number of nitrogens with one attached hydrogen (secondary N) is 1. The molecule has 2 rings (SSSR count). The minimum atomic E-state index is -2.92. The molecule has 0 saturated carbocycles. The molecule has 0 spiro atoms. The Morgan fingerprint density at radius 1 is 1.19 bits per heavy atom. The van der Waals surface area contributed by atoms with Gasteiger partial charge in [-0.1, -0.05) is 27.5 Å². The number of hydrogen-bond donors (Lipinski definition) is 1. The monoisotopic (exact) mass is 379 g/mol. The van der Waals surface area contributed by atoms with Crippen molar-refractivity contribution < 1.29 is 17.9 Å². The Labute approximate surface area is 133 Å². The summed E-state index contributed by atoms with van der Waals surface area (Å²) < 4.78 is 43.5. The van der Waals surface area contributed by atoms with Gasteiger partial charge in [-0.15, -0.1) is 0 Å². The minimum absolute atomic E-state index is 0.0371. The van der Waals surface area contributed by atoms with Crippen molar-refractivity contribution in [3.8, 4) is 5.75 Å². The topological polar surface area (TPSA) is 21.3 Å². The number of rotatable bonds is 5. The largest absolute Gasteiger partial charge is 0.434 e. The zero-order valence-electron chi connectivity index (χ0n) is 10.5. The van der Waals surface area contributed by atoms with Crippen molar-refractivity contribution in [2.24, 2.45) is 0 Å². The third-order valence-electron chi connectivity index (χ3n) is 2.64. The van der Waals surface area contributed by atoms with Crippen molar-refractivity contribution in [2.75, 3.05) is 5.32 Å². The normalized spacial score (nSPS) is 10.8. The van der Waals surface area contributed by atoms with Gasteiger partial charge in [-0.05, 0) is 36.4 Å². The van der Waals surface area contributed by atoms with Crippen molar-refractivity contribution in [2.45, 2.75) is 13.2 Å². The van der Waals surface area contributed by atoms with Crippen LogP contribution in [0.15, 0.2) is 40.9 Å². The molecule has 2 aromatic carbocycles. The van der Waals surface area contributed by atoms with Crippen molar-refractivity contribution in [3.63, 3.8) is 0 Å². The second-order valence-electron chi connectivity index (χ2n) is 4.11. The molecule has 112 valence electrons. The number of halogens is 5. The predicted molar refractivity (Wildman–Crippen MR) is 79.5 cm³/mol. The number of anilines is 1. The van der Waals surface area contributed by atoms with E-state index in [0.29, 0.717) is 10.0 Å². The van der Waals surface area contributed by atoms with Gasteiger partial charge in [0.05, 0.1) is 5.69 Å². The summed E-state index contributed by atoms with van der Waals surface area (Å²) in [7, 11) is 0. The van der Waals surface area contributed by atoms with Crippen molar-refractivity contribution in [3.05, 3.63) is 57.3 Å². The van der Waals surface area contributed by atoms with Gasteiger partial charge in [0.1, 0.15) is 11.6 Å². The zero-order valence-corrected chi connectivity index (χ0v) is 12.9. The van der Waals surface area contributed by atoms with E-state index < -0.39 is 12.4 Å². The quantitative estimate of drug-likeness (QED) is 0.744. The fraction of sp³-hybridized carbons (Fsp3) is 0.143. The summed E-state index contributed by atoms with van der Waals surface area (Å²) in [6, 6.07) is 8.81. The smallest absolute Gasteiger partial charge is 0.387 e. The molecule has 2 nitrogen and oxygen atoms in total. The lowest BCUT2D eigenvalue weighted by molar-refractivity contribution is -0.0504. The van der Waals surface area contributed by atoms with Crippen LogP contribution in [0.1, 0.15) is 5.56 Å². The summed E-state index contributed by atoms with van der Waals surface area (Å²) >= 11 is 8.91. The summed E-state index contributed by atoms with van der Waals surface area (Å²) in [6.45, 7) is -2.79. The third kappa shape index (κ3) is 4.54. The molecule has 0 aromatic heterocycles. The van der Waals surface area contributed by atoms with Gasteiger partial charge in [-0.3, -0.25) is 0 Å². The molecule has 0 aliphatic carbocycles. The average Bonchev–Trinajstić information content (AvgIpc) is 2.40. The molecule has 0 heterocycles. The van der Waals surface area contributed by atoms with Crippen LogP contribution in [0.4, 0.5) is 18.9 Å². The molecule has 0 unspecified atom stereocenters. The highest BCUT2D eigenvalue weighted by molar-refractivity contribution is 9.10. The molecule has 0 fully saturated rings. The molecule has 0 aliphatic rings. The van der Waals surface area contributed by atoms with Crippen LogP contribution in [-0.4, -0.2) is 6.61 Å². The van der Waals surface area contributed by atoms with Crippen LogP contribution >= 0.6 is 27.5 Å². The van der Waals surface area contributed by atoms with Crippen LogP contribution in [0.5, 0.6) is 5.75 Å². The Morgan fingerprint density at radius 3 is 2.62 bits per heavy atom. The number of hydrogen-bond acceptors (Lipinski definition) is 2. The highest BCUT2D eigenvalue weighted by atomic mass is 79.9. The van der Waals surface area contributed by atoms with Crippen LogP contribution in [0, 0.1) is 5.82 Å². The van der Waals surface area contributed by atoms with E-state index in [4.69, 9.17) is 11.6 Å². The van der Waals surface area contributed by atoms with Crippen molar-refractivity contribution in [1.82, 2.24) is 0 Å². The number of ether oxygens (including phenoxy) is 1. The molecular weight excluding hydrogens is 371 g/mol. The summed E-state index contributed by atoms with van der Waals surface area (Å²) in [5, 5.41) is 3.10. The van der Waals surface area contributed by atoms with Crippen LogP contribution in [-0.2, 0) is 6.54 Å². The average molecular weight is 381 g/mol. The lowest BCUT2D eigenvalue weighted by Gasteiger charge is -2.13. The predicted octanol–water partition coefficient (Wildman–Crippen LogP) is 5.46. The molecule has 2 aromatic rings. The van der Waals surface area contributed by atoms with Gasteiger partial charge in [-0.25, -0.2) is 4.39 Å². The minimum Gasteiger partial charge on any atom is -0.434 e. The van der Waals surface area contributed by atoms with Gasteiger partial charge in [0.25, 0.3) is 0 Å².